The van der Waals surface area contributed by atoms with Crippen LogP contribution in [0.15, 0.2) is 22.5 Å². The lowest BCUT2D eigenvalue weighted by molar-refractivity contribution is -0.127. The zero-order chi connectivity index (χ0) is 17.6. The van der Waals surface area contributed by atoms with Gasteiger partial charge in [-0.25, -0.2) is 4.99 Å². The third-order valence-corrected chi connectivity index (χ3v) is 5.88. The van der Waals surface area contributed by atoms with Gasteiger partial charge in [0.05, 0.1) is 5.00 Å². The molecule has 1 aliphatic heterocycles. The number of hydrogen-bond acceptors (Lipinski definition) is 4. The minimum atomic E-state index is 0. The highest BCUT2D eigenvalue weighted by Crippen LogP contribution is 2.23. The van der Waals surface area contributed by atoms with Gasteiger partial charge in [-0.2, -0.15) is 0 Å². The van der Waals surface area contributed by atoms with Crippen LogP contribution in [0.2, 0.25) is 0 Å². The summed E-state index contributed by atoms with van der Waals surface area (Å²) in [6, 6.07) is 4.79. The van der Waals surface area contributed by atoms with Crippen LogP contribution in [0, 0.1) is 0 Å². The number of nitrogens with one attached hydrogen (secondary N) is 1. The third kappa shape index (κ3) is 5.73. The van der Waals surface area contributed by atoms with E-state index in [1.807, 2.05) is 0 Å². The van der Waals surface area contributed by atoms with Crippen molar-refractivity contribution in [1.82, 2.24) is 15.1 Å². The van der Waals surface area contributed by atoms with E-state index >= 15 is 0 Å². The first-order chi connectivity index (χ1) is 12.1. The van der Waals surface area contributed by atoms with E-state index in [0.717, 1.165) is 32.1 Å². The minimum absolute atomic E-state index is 0. The second kappa shape index (κ2) is 10.3. The van der Waals surface area contributed by atoms with Gasteiger partial charge in [0, 0.05) is 46.3 Å². The number of anilines is 1. The lowest BCUT2D eigenvalue weighted by Gasteiger charge is -2.37. The molecule has 0 bridgehead atoms. The molecule has 0 aromatic carbocycles. The fourth-order valence-electron chi connectivity index (χ4n) is 3.36. The van der Waals surface area contributed by atoms with Crippen molar-refractivity contribution in [1.29, 1.82) is 0 Å². The standard InChI is InChI=1S/C18H29N5OS.HI/c1-21(2)16(24)14-19-18(20-15-6-3-4-7-15)23-11-9-22(10-12-23)17-8-5-13-25-17;/h5,8,13,15H,3-4,6-7,9-12,14H2,1-2H3,(H,19,20);1H. The van der Waals surface area contributed by atoms with Crippen LogP contribution in [-0.2, 0) is 4.79 Å². The molecule has 146 valence electrons. The Morgan fingerprint density at radius 2 is 1.96 bits per heavy atom. The number of hydrogen-bond donors (Lipinski definition) is 1. The van der Waals surface area contributed by atoms with Crippen molar-refractivity contribution >= 4 is 52.2 Å². The van der Waals surface area contributed by atoms with Crippen LogP contribution < -0.4 is 10.2 Å². The SMILES string of the molecule is CN(C)C(=O)CN=C(NC1CCCC1)N1CCN(c2cccs2)CC1.I. The summed E-state index contributed by atoms with van der Waals surface area (Å²) in [6.07, 6.45) is 4.98. The Morgan fingerprint density at radius 3 is 2.54 bits per heavy atom. The van der Waals surface area contributed by atoms with E-state index in [1.165, 1.54) is 30.7 Å². The Morgan fingerprint density at radius 1 is 1.27 bits per heavy atom. The predicted octanol–water partition coefficient (Wildman–Crippen LogP) is 2.46. The van der Waals surface area contributed by atoms with E-state index in [-0.39, 0.29) is 36.4 Å². The van der Waals surface area contributed by atoms with Crippen molar-refractivity contribution in [2.24, 2.45) is 4.99 Å². The largest absolute Gasteiger partial charge is 0.360 e. The van der Waals surface area contributed by atoms with Gasteiger partial charge in [-0.15, -0.1) is 35.3 Å². The molecule has 0 unspecified atom stereocenters. The molecular formula is C18H30IN5OS. The molecule has 2 heterocycles. The van der Waals surface area contributed by atoms with Gasteiger partial charge in [-0.05, 0) is 30.4 Å². The number of piperazine rings is 1. The van der Waals surface area contributed by atoms with Crippen LogP contribution in [-0.4, -0.2) is 74.5 Å². The van der Waals surface area contributed by atoms with Gasteiger partial charge < -0.3 is 20.0 Å². The molecule has 2 aliphatic rings. The molecular weight excluding hydrogens is 461 g/mol. The Kier molecular flexibility index (Phi) is 8.46. The Hall–Kier alpha value is -1.03. The number of likely N-dealkylation sites (N-methyl/N-ethyl adjacent to an activating group) is 1. The number of halogens is 1. The topological polar surface area (TPSA) is 51.2 Å². The number of guanidine groups is 1. The molecule has 1 aliphatic carbocycles. The van der Waals surface area contributed by atoms with Crippen LogP contribution in [0.1, 0.15) is 25.7 Å². The molecule has 1 aromatic rings. The highest BCUT2D eigenvalue weighted by molar-refractivity contribution is 14.0. The number of thiophene rings is 1. The average Bonchev–Trinajstić information content (AvgIpc) is 3.32. The molecule has 6 nitrogen and oxygen atoms in total. The van der Waals surface area contributed by atoms with E-state index in [0.29, 0.717) is 6.04 Å². The number of amides is 1. The van der Waals surface area contributed by atoms with Gasteiger partial charge in [0.15, 0.2) is 5.96 Å². The van der Waals surface area contributed by atoms with Crippen molar-refractivity contribution in [2.75, 3.05) is 51.7 Å². The van der Waals surface area contributed by atoms with Gasteiger partial charge in [0.2, 0.25) is 5.91 Å². The molecule has 1 saturated carbocycles. The maximum atomic E-state index is 11.9. The van der Waals surface area contributed by atoms with Crippen molar-refractivity contribution in [3.8, 4) is 0 Å². The average molecular weight is 491 g/mol. The van der Waals surface area contributed by atoms with Crippen LogP contribution >= 0.6 is 35.3 Å². The van der Waals surface area contributed by atoms with Gasteiger partial charge in [0.25, 0.3) is 0 Å². The summed E-state index contributed by atoms with van der Waals surface area (Å²) in [7, 11) is 3.56. The fourth-order valence-corrected chi connectivity index (χ4v) is 4.15. The van der Waals surface area contributed by atoms with E-state index in [2.05, 4.69) is 37.6 Å². The predicted molar refractivity (Wildman–Crippen MR) is 120 cm³/mol. The molecule has 1 N–H and O–H groups in total. The molecule has 26 heavy (non-hydrogen) atoms. The maximum Gasteiger partial charge on any atom is 0.243 e. The highest BCUT2D eigenvalue weighted by atomic mass is 127. The molecule has 2 fully saturated rings. The second-order valence-electron chi connectivity index (χ2n) is 6.98. The van der Waals surface area contributed by atoms with Gasteiger partial charge >= 0.3 is 0 Å². The Labute approximate surface area is 177 Å². The first kappa shape index (κ1) is 21.3. The molecule has 1 aromatic heterocycles. The summed E-state index contributed by atoms with van der Waals surface area (Å²) in [5.74, 6) is 0.955. The van der Waals surface area contributed by atoms with Crippen LogP contribution in [0.4, 0.5) is 5.00 Å². The van der Waals surface area contributed by atoms with Gasteiger partial charge in [-0.3, -0.25) is 4.79 Å². The minimum Gasteiger partial charge on any atom is -0.360 e. The molecule has 1 saturated heterocycles. The van der Waals surface area contributed by atoms with Crippen molar-refractivity contribution in [3.05, 3.63) is 17.5 Å². The molecule has 8 heteroatoms. The van der Waals surface area contributed by atoms with E-state index in [4.69, 9.17) is 0 Å². The normalized spacial score (nSPS) is 18.6. The molecule has 1 amide bonds. The second-order valence-corrected chi connectivity index (χ2v) is 7.91. The number of nitrogens with zero attached hydrogens (tertiary/aromatic N) is 4. The molecule has 3 rings (SSSR count). The fraction of sp³-hybridized carbons (Fsp3) is 0.667. The third-order valence-electron chi connectivity index (χ3n) is 4.95. The summed E-state index contributed by atoms with van der Waals surface area (Å²) < 4.78 is 0. The monoisotopic (exact) mass is 491 g/mol. The molecule has 0 radical (unpaired) electrons. The first-order valence-corrected chi connectivity index (χ1v) is 10.1. The molecule has 0 atom stereocenters. The lowest BCUT2D eigenvalue weighted by atomic mass is 10.2. The Balaban J connectivity index is 0.00000243. The Bertz CT molecular complexity index is 578. The highest BCUT2D eigenvalue weighted by Gasteiger charge is 2.24. The van der Waals surface area contributed by atoms with Gasteiger partial charge in [-0.1, -0.05) is 12.8 Å². The van der Waals surface area contributed by atoms with E-state index in [9.17, 15) is 4.79 Å². The number of rotatable bonds is 4. The van der Waals surface area contributed by atoms with Crippen molar-refractivity contribution in [3.63, 3.8) is 0 Å². The smallest absolute Gasteiger partial charge is 0.243 e. The van der Waals surface area contributed by atoms with E-state index < -0.39 is 0 Å². The van der Waals surface area contributed by atoms with Crippen LogP contribution in [0.5, 0.6) is 0 Å². The molecule has 0 spiro atoms. The number of carbonyl (C=O) groups excluding carboxylic acids is 1. The maximum absolute atomic E-state index is 11.9. The van der Waals surface area contributed by atoms with Crippen molar-refractivity contribution in [2.45, 2.75) is 31.7 Å². The van der Waals surface area contributed by atoms with E-state index in [1.54, 1.807) is 30.3 Å². The quantitative estimate of drug-likeness (QED) is 0.400. The summed E-state index contributed by atoms with van der Waals surface area (Å²) in [5.41, 5.74) is 0. The zero-order valence-corrected chi connectivity index (χ0v) is 18.8. The summed E-state index contributed by atoms with van der Waals surface area (Å²) in [4.78, 5) is 22.9. The number of carbonyl (C=O) groups is 1. The van der Waals surface area contributed by atoms with Crippen LogP contribution in [0.25, 0.3) is 0 Å². The van der Waals surface area contributed by atoms with Crippen LogP contribution in [0.3, 0.4) is 0 Å². The first-order valence-electron chi connectivity index (χ1n) is 9.18. The zero-order valence-electron chi connectivity index (χ0n) is 15.7. The lowest BCUT2D eigenvalue weighted by Crippen LogP contribution is -2.54. The van der Waals surface area contributed by atoms with Gasteiger partial charge in [0.1, 0.15) is 6.54 Å². The number of aliphatic imine (C=N–C) groups is 1. The summed E-state index contributed by atoms with van der Waals surface area (Å²) >= 11 is 1.79. The van der Waals surface area contributed by atoms with Crippen molar-refractivity contribution < 1.29 is 4.79 Å². The summed E-state index contributed by atoms with van der Waals surface area (Å²) in [5, 5.41) is 7.08. The summed E-state index contributed by atoms with van der Waals surface area (Å²) in [6.45, 7) is 4.08.